The molecule has 0 aliphatic rings. The summed E-state index contributed by atoms with van der Waals surface area (Å²) in [5.41, 5.74) is 1.39. The molecule has 2 heteroatoms. The fourth-order valence-corrected chi connectivity index (χ4v) is 2.15. The van der Waals surface area contributed by atoms with Gasteiger partial charge < -0.3 is 5.32 Å². The molecule has 0 bridgehead atoms. The van der Waals surface area contributed by atoms with Crippen molar-refractivity contribution < 1.29 is 0 Å². The van der Waals surface area contributed by atoms with Gasteiger partial charge in [-0.15, -0.1) is 6.58 Å². The van der Waals surface area contributed by atoms with Crippen LogP contribution in [-0.4, -0.2) is 6.54 Å². The molecule has 1 aromatic carbocycles. The first-order valence-corrected chi connectivity index (χ1v) is 6.95. The summed E-state index contributed by atoms with van der Waals surface area (Å²) in [6.45, 7) is 6.94. The highest BCUT2D eigenvalue weighted by Gasteiger charge is 2.08. The van der Waals surface area contributed by atoms with Gasteiger partial charge in [-0.2, -0.15) is 0 Å². The van der Waals surface area contributed by atoms with Crippen LogP contribution in [0.4, 0.5) is 0 Å². The van der Waals surface area contributed by atoms with Gasteiger partial charge in [0.1, 0.15) is 0 Å². The molecule has 1 atom stereocenters. The summed E-state index contributed by atoms with van der Waals surface area (Å²) < 4.78 is 1.29. The lowest BCUT2D eigenvalue weighted by molar-refractivity contribution is 0.500. The zero-order valence-electron chi connectivity index (χ0n) is 9.88. The van der Waals surface area contributed by atoms with Gasteiger partial charge in [0.15, 0.2) is 0 Å². The van der Waals surface area contributed by atoms with E-state index >= 15 is 0 Å². The van der Waals surface area contributed by atoms with E-state index in [2.05, 4.69) is 65.7 Å². The van der Waals surface area contributed by atoms with E-state index < -0.39 is 0 Å². The molecule has 88 valence electrons. The Hall–Kier alpha value is -0.350. The molecule has 0 spiro atoms. The fourth-order valence-electron chi connectivity index (χ4n) is 1.79. The number of benzene rings is 1. The molecule has 0 saturated heterocycles. The Bertz CT molecular complexity index is 305. The quantitative estimate of drug-likeness (QED) is 0.447. The van der Waals surface area contributed by atoms with Gasteiger partial charge in [0.05, 0.1) is 0 Å². The smallest absolute Gasteiger partial charge is 0.0320 e. The molecular weight excluding hydrogens is 309 g/mol. The second-order valence-electron chi connectivity index (χ2n) is 3.88. The Kier molecular flexibility index (Phi) is 6.73. The molecule has 16 heavy (non-hydrogen) atoms. The summed E-state index contributed by atoms with van der Waals surface area (Å²) in [5, 5.41) is 3.54. The largest absolute Gasteiger partial charge is 0.310 e. The highest BCUT2D eigenvalue weighted by atomic mass is 127. The molecule has 0 saturated carbocycles. The maximum Gasteiger partial charge on any atom is 0.0320 e. The van der Waals surface area contributed by atoms with Crippen molar-refractivity contribution in [2.45, 2.75) is 32.2 Å². The predicted molar refractivity (Wildman–Crippen MR) is 79.6 cm³/mol. The van der Waals surface area contributed by atoms with Crippen molar-refractivity contribution in [3.63, 3.8) is 0 Å². The number of unbranched alkanes of at least 4 members (excludes halogenated alkanes) is 1. The minimum atomic E-state index is 0.488. The third kappa shape index (κ3) is 4.66. The van der Waals surface area contributed by atoms with E-state index in [0.717, 1.165) is 13.0 Å². The van der Waals surface area contributed by atoms with E-state index in [1.807, 2.05) is 6.08 Å². The van der Waals surface area contributed by atoms with Gasteiger partial charge in [0.25, 0.3) is 0 Å². The number of nitrogens with one attached hydrogen (secondary N) is 1. The van der Waals surface area contributed by atoms with Crippen molar-refractivity contribution in [1.29, 1.82) is 0 Å². The average molecular weight is 329 g/mol. The Balaban J connectivity index is 2.60. The summed E-state index contributed by atoms with van der Waals surface area (Å²) in [7, 11) is 0. The van der Waals surface area contributed by atoms with Gasteiger partial charge in [-0.25, -0.2) is 0 Å². The second-order valence-corrected chi connectivity index (χ2v) is 5.13. The normalized spacial score (nSPS) is 12.4. The average Bonchev–Trinajstić information content (AvgIpc) is 2.29. The minimum Gasteiger partial charge on any atom is -0.310 e. The van der Waals surface area contributed by atoms with Crippen LogP contribution in [0.25, 0.3) is 0 Å². The van der Waals surface area contributed by atoms with E-state index in [1.54, 1.807) is 0 Å². The molecule has 0 aliphatic heterocycles. The molecule has 0 aromatic heterocycles. The molecular formula is C14H20IN. The zero-order chi connectivity index (χ0) is 11.8. The number of hydrogen-bond acceptors (Lipinski definition) is 1. The van der Waals surface area contributed by atoms with E-state index in [4.69, 9.17) is 0 Å². The van der Waals surface area contributed by atoms with Crippen LogP contribution in [-0.2, 0) is 0 Å². The van der Waals surface area contributed by atoms with Crippen LogP contribution in [0, 0.1) is 3.57 Å². The van der Waals surface area contributed by atoms with Gasteiger partial charge in [-0.3, -0.25) is 0 Å². The van der Waals surface area contributed by atoms with Crippen molar-refractivity contribution in [3.8, 4) is 0 Å². The molecule has 0 amide bonds. The van der Waals surface area contributed by atoms with Gasteiger partial charge in [-0.1, -0.05) is 25.1 Å². The summed E-state index contributed by atoms with van der Waals surface area (Å²) in [6, 6.07) is 9.29. The van der Waals surface area contributed by atoms with Crippen molar-refractivity contribution in [2.75, 3.05) is 6.54 Å². The maximum atomic E-state index is 3.77. The van der Waals surface area contributed by atoms with Crippen LogP contribution in [0.2, 0.25) is 0 Å². The van der Waals surface area contributed by atoms with Crippen LogP contribution in [0.15, 0.2) is 36.9 Å². The van der Waals surface area contributed by atoms with Crippen molar-refractivity contribution in [3.05, 3.63) is 46.1 Å². The Morgan fingerprint density at radius 2 is 2.06 bits per heavy atom. The van der Waals surface area contributed by atoms with E-state index in [1.165, 1.54) is 22.0 Å². The highest BCUT2D eigenvalue weighted by molar-refractivity contribution is 14.1. The molecule has 0 fully saturated rings. The Morgan fingerprint density at radius 1 is 1.38 bits per heavy atom. The van der Waals surface area contributed by atoms with Crippen molar-refractivity contribution >= 4 is 22.6 Å². The number of halogens is 1. The van der Waals surface area contributed by atoms with Gasteiger partial charge in [0, 0.05) is 9.61 Å². The van der Waals surface area contributed by atoms with Crippen LogP contribution < -0.4 is 5.32 Å². The number of rotatable bonds is 7. The SMILES string of the molecule is C=CCCCC(NCC)c1ccc(I)cc1. The molecule has 1 rings (SSSR count). The lowest BCUT2D eigenvalue weighted by Gasteiger charge is -2.18. The van der Waals surface area contributed by atoms with Crippen molar-refractivity contribution in [2.24, 2.45) is 0 Å². The van der Waals surface area contributed by atoms with Gasteiger partial charge >= 0.3 is 0 Å². The number of hydrogen-bond donors (Lipinski definition) is 1. The third-order valence-corrected chi connectivity index (χ3v) is 3.34. The monoisotopic (exact) mass is 329 g/mol. The van der Waals surface area contributed by atoms with E-state index in [0.29, 0.717) is 6.04 Å². The maximum absolute atomic E-state index is 3.77. The first-order chi connectivity index (χ1) is 7.77. The molecule has 1 unspecified atom stereocenters. The molecule has 0 radical (unpaired) electrons. The van der Waals surface area contributed by atoms with Crippen molar-refractivity contribution in [1.82, 2.24) is 5.32 Å². The standard InChI is InChI=1S/C14H20IN/c1-3-5-6-7-14(16-4-2)12-8-10-13(15)11-9-12/h3,8-11,14,16H,1,4-7H2,2H3. The minimum absolute atomic E-state index is 0.488. The van der Waals surface area contributed by atoms with Crippen LogP contribution in [0.5, 0.6) is 0 Å². The van der Waals surface area contributed by atoms with Crippen LogP contribution >= 0.6 is 22.6 Å². The highest BCUT2D eigenvalue weighted by Crippen LogP contribution is 2.20. The Morgan fingerprint density at radius 3 is 2.62 bits per heavy atom. The lowest BCUT2D eigenvalue weighted by Crippen LogP contribution is -2.20. The molecule has 1 nitrogen and oxygen atoms in total. The fraction of sp³-hybridized carbons (Fsp3) is 0.429. The predicted octanol–water partition coefficient (Wildman–Crippen LogP) is 4.30. The summed E-state index contributed by atoms with van der Waals surface area (Å²) in [4.78, 5) is 0. The molecule has 0 aliphatic carbocycles. The first-order valence-electron chi connectivity index (χ1n) is 5.87. The summed E-state index contributed by atoms with van der Waals surface area (Å²) in [6.07, 6.45) is 5.48. The lowest BCUT2D eigenvalue weighted by atomic mass is 10.0. The second kappa shape index (κ2) is 7.85. The molecule has 1 N–H and O–H groups in total. The third-order valence-electron chi connectivity index (χ3n) is 2.62. The molecule has 1 aromatic rings. The summed E-state index contributed by atoms with van der Waals surface area (Å²) in [5.74, 6) is 0. The van der Waals surface area contributed by atoms with Gasteiger partial charge in [0.2, 0.25) is 0 Å². The molecule has 0 heterocycles. The van der Waals surface area contributed by atoms with Crippen LogP contribution in [0.1, 0.15) is 37.8 Å². The topological polar surface area (TPSA) is 12.0 Å². The summed E-state index contributed by atoms with van der Waals surface area (Å²) >= 11 is 2.34. The van der Waals surface area contributed by atoms with Gasteiger partial charge in [-0.05, 0) is 66.1 Å². The van der Waals surface area contributed by atoms with E-state index in [9.17, 15) is 0 Å². The zero-order valence-corrected chi connectivity index (χ0v) is 12.0. The number of allylic oxidation sites excluding steroid dienone is 1. The van der Waals surface area contributed by atoms with E-state index in [-0.39, 0.29) is 0 Å². The Labute approximate surface area is 112 Å². The first kappa shape index (κ1) is 13.7. The van der Waals surface area contributed by atoms with Crippen LogP contribution in [0.3, 0.4) is 0 Å².